The lowest BCUT2D eigenvalue weighted by atomic mass is 10.1. The van der Waals surface area contributed by atoms with E-state index < -0.39 is 12.0 Å². The minimum Gasteiger partial charge on any atom is -0.467 e. The molecule has 0 aliphatic heterocycles. The average molecular weight is 331 g/mol. The van der Waals surface area contributed by atoms with Gasteiger partial charge in [0.1, 0.15) is 6.04 Å². The fourth-order valence-corrected chi connectivity index (χ4v) is 3.34. The van der Waals surface area contributed by atoms with Crippen molar-refractivity contribution in [3.05, 3.63) is 51.7 Å². The van der Waals surface area contributed by atoms with Crippen LogP contribution < -0.4 is 4.90 Å². The average Bonchev–Trinajstić information content (AvgIpc) is 3.02. The number of nitrogens with zero attached hydrogens (tertiary/aromatic N) is 1. The summed E-state index contributed by atoms with van der Waals surface area (Å²) in [4.78, 5) is 27.5. The molecule has 0 N–H and O–H groups in total. The number of esters is 1. The Morgan fingerprint density at radius 3 is 2.35 bits per heavy atom. The fraction of sp³-hybridized carbons (Fsp3) is 0.333. The maximum Gasteiger partial charge on any atom is 0.328 e. The van der Waals surface area contributed by atoms with E-state index in [1.807, 2.05) is 49.6 Å². The van der Waals surface area contributed by atoms with E-state index in [4.69, 9.17) is 4.74 Å². The third-order valence-corrected chi connectivity index (χ3v) is 4.66. The van der Waals surface area contributed by atoms with E-state index in [0.717, 1.165) is 21.7 Å². The Kier molecular flexibility index (Phi) is 5.55. The number of hydrogen-bond donors (Lipinski definition) is 0. The van der Waals surface area contributed by atoms with Crippen LogP contribution in [0, 0.1) is 13.8 Å². The second kappa shape index (κ2) is 7.42. The van der Waals surface area contributed by atoms with Gasteiger partial charge < -0.3 is 4.74 Å². The van der Waals surface area contributed by atoms with Gasteiger partial charge >= 0.3 is 5.97 Å². The lowest BCUT2D eigenvalue weighted by Gasteiger charge is -2.30. The molecule has 0 aliphatic rings. The number of thiophene rings is 1. The van der Waals surface area contributed by atoms with Crippen LogP contribution >= 0.6 is 11.3 Å². The molecule has 122 valence electrons. The number of rotatable bonds is 5. The molecule has 4 nitrogen and oxygen atoms in total. The Bertz CT molecular complexity index is 674. The molecule has 1 aromatic carbocycles. The van der Waals surface area contributed by atoms with Crippen LogP contribution in [-0.4, -0.2) is 25.0 Å². The predicted octanol–water partition coefficient (Wildman–Crippen LogP) is 3.50. The van der Waals surface area contributed by atoms with Crippen molar-refractivity contribution in [2.45, 2.75) is 33.2 Å². The lowest BCUT2D eigenvalue weighted by Crippen LogP contribution is -2.45. The summed E-state index contributed by atoms with van der Waals surface area (Å²) in [6.45, 7) is 5.58. The number of anilines is 1. The number of benzene rings is 1. The van der Waals surface area contributed by atoms with Crippen LogP contribution in [0.5, 0.6) is 0 Å². The standard InChI is InChI=1S/C18H21NO3S/c1-12-7-5-8-13(2)17(12)19(14(3)18(21)22-4)16(20)11-15-9-6-10-23-15/h5-10,14H,11H2,1-4H3. The van der Waals surface area contributed by atoms with Gasteiger partial charge in [-0.2, -0.15) is 0 Å². The summed E-state index contributed by atoms with van der Waals surface area (Å²) in [6, 6.07) is 9.00. The van der Waals surface area contributed by atoms with Crippen molar-refractivity contribution in [3.8, 4) is 0 Å². The van der Waals surface area contributed by atoms with Gasteiger partial charge in [0.05, 0.1) is 19.2 Å². The van der Waals surface area contributed by atoms with Gasteiger partial charge in [-0.15, -0.1) is 11.3 Å². The quantitative estimate of drug-likeness (QED) is 0.788. The van der Waals surface area contributed by atoms with Crippen molar-refractivity contribution in [1.29, 1.82) is 0 Å². The maximum atomic E-state index is 12.9. The van der Waals surface area contributed by atoms with E-state index in [9.17, 15) is 9.59 Å². The van der Waals surface area contributed by atoms with E-state index >= 15 is 0 Å². The molecule has 1 heterocycles. The molecule has 1 aromatic heterocycles. The van der Waals surface area contributed by atoms with Crippen molar-refractivity contribution in [3.63, 3.8) is 0 Å². The lowest BCUT2D eigenvalue weighted by molar-refractivity contribution is -0.143. The van der Waals surface area contributed by atoms with E-state index in [2.05, 4.69) is 0 Å². The van der Waals surface area contributed by atoms with Gasteiger partial charge in [0.25, 0.3) is 0 Å². The molecular weight excluding hydrogens is 310 g/mol. The summed E-state index contributed by atoms with van der Waals surface area (Å²) < 4.78 is 4.85. The van der Waals surface area contributed by atoms with Crippen LogP contribution in [0.2, 0.25) is 0 Å². The van der Waals surface area contributed by atoms with Crippen molar-refractivity contribution in [2.75, 3.05) is 12.0 Å². The number of methoxy groups -OCH3 is 1. The summed E-state index contributed by atoms with van der Waals surface area (Å²) >= 11 is 1.53. The van der Waals surface area contributed by atoms with Crippen molar-refractivity contribution >= 4 is 28.9 Å². The number of aryl methyl sites for hydroxylation is 2. The molecule has 5 heteroatoms. The zero-order valence-corrected chi connectivity index (χ0v) is 14.6. The van der Waals surface area contributed by atoms with Gasteiger partial charge in [-0.3, -0.25) is 9.69 Å². The SMILES string of the molecule is COC(=O)C(C)N(C(=O)Cc1cccs1)c1c(C)cccc1C. The highest BCUT2D eigenvalue weighted by Gasteiger charge is 2.30. The third kappa shape index (κ3) is 3.79. The van der Waals surface area contributed by atoms with Gasteiger partial charge in [-0.1, -0.05) is 24.3 Å². The Labute approximate surface area is 140 Å². The van der Waals surface area contributed by atoms with Gasteiger partial charge in [-0.05, 0) is 43.3 Å². The summed E-state index contributed by atoms with van der Waals surface area (Å²) in [5.74, 6) is -0.532. The van der Waals surface area contributed by atoms with Gasteiger partial charge in [0.2, 0.25) is 5.91 Å². The first-order valence-electron chi connectivity index (χ1n) is 7.44. The molecule has 1 unspecified atom stereocenters. The number of carbonyl (C=O) groups is 2. The number of hydrogen-bond acceptors (Lipinski definition) is 4. The van der Waals surface area contributed by atoms with Crippen LogP contribution in [0.15, 0.2) is 35.7 Å². The first-order chi connectivity index (χ1) is 11.0. The molecular formula is C18H21NO3S. The van der Waals surface area contributed by atoms with E-state index in [1.54, 1.807) is 11.8 Å². The topological polar surface area (TPSA) is 46.6 Å². The molecule has 2 rings (SSSR count). The molecule has 2 aromatic rings. The van der Waals surface area contributed by atoms with Crippen LogP contribution in [0.25, 0.3) is 0 Å². The maximum absolute atomic E-state index is 12.9. The number of carbonyl (C=O) groups excluding carboxylic acids is 2. The first kappa shape index (κ1) is 17.2. The van der Waals surface area contributed by atoms with Crippen LogP contribution in [-0.2, 0) is 20.7 Å². The Hall–Kier alpha value is -2.14. The molecule has 0 fully saturated rings. The van der Waals surface area contributed by atoms with Crippen LogP contribution in [0.4, 0.5) is 5.69 Å². The molecule has 0 saturated heterocycles. The monoisotopic (exact) mass is 331 g/mol. The molecule has 0 spiro atoms. The zero-order valence-electron chi connectivity index (χ0n) is 13.8. The molecule has 0 aliphatic carbocycles. The second-order valence-corrected chi connectivity index (χ2v) is 6.49. The van der Waals surface area contributed by atoms with Gasteiger partial charge in [-0.25, -0.2) is 4.79 Å². The summed E-state index contributed by atoms with van der Waals surface area (Å²) in [5.41, 5.74) is 2.70. The molecule has 0 radical (unpaired) electrons. The summed E-state index contributed by atoms with van der Waals surface area (Å²) in [5, 5.41) is 1.94. The Morgan fingerprint density at radius 1 is 1.17 bits per heavy atom. The summed E-state index contributed by atoms with van der Waals surface area (Å²) in [7, 11) is 1.34. The Balaban J connectivity index is 2.43. The van der Waals surface area contributed by atoms with Crippen molar-refractivity contribution in [1.82, 2.24) is 0 Å². The van der Waals surface area contributed by atoms with Crippen LogP contribution in [0.3, 0.4) is 0 Å². The second-order valence-electron chi connectivity index (χ2n) is 5.46. The zero-order chi connectivity index (χ0) is 17.0. The largest absolute Gasteiger partial charge is 0.467 e. The molecule has 1 atom stereocenters. The van der Waals surface area contributed by atoms with E-state index in [1.165, 1.54) is 18.4 Å². The molecule has 1 amide bonds. The van der Waals surface area contributed by atoms with Crippen molar-refractivity contribution in [2.24, 2.45) is 0 Å². The molecule has 0 bridgehead atoms. The first-order valence-corrected chi connectivity index (χ1v) is 8.32. The highest BCUT2D eigenvalue weighted by atomic mass is 32.1. The predicted molar refractivity (Wildman–Crippen MR) is 92.9 cm³/mol. The Morgan fingerprint density at radius 2 is 1.83 bits per heavy atom. The number of para-hydroxylation sites is 1. The van der Waals surface area contributed by atoms with Gasteiger partial charge in [0.15, 0.2) is 0 Å². The minimum atomic E-state index is -0.674. The normalized spacial score (nSPS) is 11.8. The van der Waals surface area contributed by atoms with Crippen LogP contribution in [0.1, 0.15) is 22.9 Å². The van der Waals surface area contributed by atoms with E-state index in [-0.39, 0.29) is 12.3 Å². The van der Waals surface area contributed by atoms with Gasteiger partial charge in [0, 0.05) is 4.88 Å². The fourth-order valence-electron chi connectivity index (χ4n) is 2.64. The minimum absolute atomic E-state index is 0.109. The number of amides is 1. The highest BCUT2D eigenvalue weighted by molar-refractivity contribution is 7.10. The number of ether oxygens (including phenoxy) is 1. The van der Waals surface area contributed by atoms with Crippen molar-refractivity contribution < 1.29 is 14.3 Å². The molecule has 23 heavy (non-hydrogen) atoms. The molecule has 0 saturated carbocycles. The summed E-state index contributed by atoms with van der Waals surface area (Å²) in [6.07, 6.45) is 0.271. The smallest absolute Gasteiger partial charge is 0.328 e. The van der Waals surface area contributed by atoms with E-state index in [0.29, 0.717) is 0 Å². The highest BCUT2D eigenvalue weighted by Crippen LogP contribution is 2.28. The third-order valence-electron chi connectivity index (χ3n) is 3.78.